The lowest BCUT2D eigenvalue weighted by molar-refractivity contribution is -0.130. The van der Waals surface area contributed by atoms with Crippen molar-refractivity contribution >= 4 is 35.8 Å². The Bertz CT molecular complexity index is 808. The fraction of sp³-hybridized carbons (Fsp3) is 0.333. The minimum absolute atomic E-state index is 0. The van der Waals surface area contributed by atoms with Gasteiger partial charge in [0.1, 0.15) is 12.3 Å². The van der Waals surface area contributed by atoms with Gasteiger partial charge in [0, 0.05) is 19.6 Å². The summed E-state index contributed by atoms with van der Waals surface area (Å²) in [5.74, 6) is 1.14. The molecule has 0 unspecified atom stereocenters. The van der Waals surface area contributed by atoms with Crippen LogP contribution in [0.15, 0.2) is 53.5 Å². The minimum Gasteiger partial charge on any atom is -0.497 e. The van der Waals surface area contributed by atoms with Gasteiger partial charge in [-0.05, 0) is 41.7 Å². The monoisotopic (exact) mass is 494 g/mol. The summed E-state index contributed by atoms with van der Waals surface area (Å²) in [4.78, 5) is 18.4. The molecule has 0 saturated heterocycles. The van der Waals surface area contributed by atoms with E-state index in [1.54, 1.807) is 7.11 Å². The van der Waals surface area contributed by atoms with Crippen LogP contribution < -0.4 is 15.8 Å². The highest BCUT2D eigenvalue weighted by Gasteiger charge is 2.19. The SMILES string of the molecule is COc1ccc(CCNC(N)=NCC(=O)N2CCc3ccccc3C2)cc1.I. The van der Waals surface area contributed by atoms with E-state index in [2.05, 4.69) is 22.4 Å². The van der Waals surface area contributed by atoms with Crippen LogP contribution in [0.1, 0.15) is 16.7 Å². The number of nitrogens with two attached hydrogens (primary N) is 1. The predicted octanol–water partition coefficient (Wildman–Crippen LogP) is 2.34. The van der Waals surface area contributed by atoms with Crippen LogP contribution in [-0.4, -0.2) is 43.5 Å². The minimum atomic E-state index is 0. The lowest BCUT2D eigenvalue weighted by atomic mass is 10.00. The topological polar surface area (TPSA) is 80.0 Å². The molecule has 1 aliphatic rings. The molecule has 0 aliphatic carbocycles. The number of guanidine groups is 1. The van der Waals surface area contributed by atoms with Gasteiger partial charge in [-0.1, -0.05) is 36.4 Å². The number of carbonyl (C=O) groups is 1. The van der Waals surface area contributed by atoms with Crippen molar-refractivity contribution in [2.45, 2.75) is 19.4 Å². The van der Waals surface area contributed by atoms with E-state index in [9.17, 15) is 4.79 Å². The summed E-state index contributed by atoms with van der Waals surface area (Å²) in [5.41, 5.74) is 9.60. The highest BCUT2D eigenvalue weighted by Crippen LogP contribution is 2.18. The standard InChI is InChI=1S/C21H26N4O2.HI/c1-27-19-8-6-16(7-9-19)10-12-23-21(22)24-14-20(26)25-13-11-17-4-2-3-5-18(17)15-25;/h2-9H,10-15H2,1H3,(H3,22,23,24);1H. The Morgan fingerprint density at radius 3 is 2.61 bits per heavy atom. The Balaban J connectivity index is 0.00000280. The smallest absolute Gasteiger partial charge is 0.244 e. The summed E-state index contributed by atoms with van der Waals surface area (Å²) in [5, 5.41) is 3.06. The lowest BCUT2D eigenvalue weighted by Gasteiger charge is -2.28. The third-order valence-corrected chi connectivity index (χ3v) is 4.75. The van der Waals surface area contributed by atoms with Crippen LogP contribution in [0.5, 0.6) is 5.75 Å². The van der Waals surface area contributed by atoms with Crippen molar-refractivity contribution in [2.24, 2.45) is 10.7 Å². The second-order valence-electron chi connectivity index (χ2n) is 6.56. The molecule has 2 aromatic carbocycles. The normalized spacial score (nSPS) is 13.3. The summed E-state index contributed by atoms with van der Waals surface area (Å²) in [7, 11) is 1.65. The van der Waals surface area contributed by atoms with Crippen LogP contribution in [0.25, 0.3) is 0 Å². The molecule has 28 heavy (non-hydrogen) atoms. The van der Waals surface area contributed by atoms with Gasteiger partial charge in [-0.25, -0.2) is 4.99 Å². The number of hydrogen-bond acceptors (Lipinski definition) is 3. The Morgan fingerprint density at radius 1 is 1.18 bits per heavy atom. The first-order valence-corrected chi connectivity index (χ1v) is 9.17. The first-order valence-electron chi connectivity index (χ1n) is 9.17. The number of nitrogens with zero attached hydrogens (tertiary/aromatic N) is 2. The summed E-state index contributed by atoms with van der Waals surface area (Å²) < 4.78 is 5.15. The van der Waals surface area contributed by atoms with Gasteiger partial charge < -0.3 is 20.7 Å². The molecule has 3 N–H and O–H groups in total. The van der Waals surface area contributed by atoms with Crippen molar-refractivity contribution < 1.29 is 9.53 Å². The number of benzene rings is 2. The molecule has 1 amide bonds. The maximum Gasteiger partial charge on any atom is 0.244 e. The van der Waals surface area contributed by atoms with E-state index >= 15 is 0 Å². The number of aliphatic imine (C=N–C) groups is 1. The molecule has 0 radical (unpaired) electrons. The molecule has 6 nitrogen and oxygen atoms in total. The molecule has 7 heteroatoms. The van der Waals surface area contributed by atoms with Crippen molar-refractivity contribution in [1.29, 1.82) is 0 Å². The number of nitrogens with one attached hydrogen (secondary N) is 1. The maximum absolute atomic E-state index is 12.4. The molecular formula is C21H27IN4O2. The second kappa shape index (κ2) is 10.9. The van der Waals surface area contributed by atoms with E-state index in [-0.39, 0.29) is 36.4 Å². The third-order valence-electron chi connectivity index (χ3n) is 4.75. The van der Waals surface area contributed by atoms with E-state index in [4.69, 9.17) is 10.5 Å². The molecule has 0 fully saturated rings. The number of carbonyl (C=O) groups excluding carboxylic acids is 1. The van der Waals surface area contributed by atoms with Gasteiger partial charge >= 0.3 is 0 Å². The summed E-state index contributed by atoms with van der Waals surface area (Å²) in [6.07, 6.45) is 1.71. The average molecular weight is 494 g/mol. The van der Waals surface area contributed by atoms with Gasteiger partial charge in [0.15, 0.2) is 5.96 Å². The van der Waals surface area contributed by atoms with Gasteiger partial charge in [0.25, 0.3) is 0 Å². The molecule has 0 saturated carbocycles. The van der Waals surface area contributed by atoms with Gasteiger partial charge in [0.2, 0.25) is 5.91 Å². The molecule has 2 aromatic rings. The number of ether oxygens (including phenoxy) is 1. The highest BCUT2D eigenvalue weighted by atomic mass is 127. The zero-order chi connectivity index (χ0) is 19.1. The van der Waals surface area contributed by atoms with Crippen molar-refractivity contribution in [3.63, 3.8) is 0 Å². The first kappa shape index (κ1) is 22.0. The molecule has 0 spiro atoms. The highest BCUT2D eigenvalue weighted by molar-refractivity contribution is 14.0. The van der Waals surface area contributed by atoms with Gasteiger partial charge in [0.05, 0.1) is 7.11 Å². The van der Waals surface area contributed by atoms with Crippen molar-refractivity contribution in [3.8, 4) is 5.75 Å². The van der Waals surface area contributed by atoms with E-state index in [1.165, 1.54) is 16.7 Å². The fourth-order valence-electron chi connectivity index (χ4n) is 3.14. The number of methoxy groups -OCH3 is 1. The van der Waals surface area contributed by atoms with Crippen molar-refractivity contribution in [3.05, 3.63) is 65.2 Å². The summed E-state index contributed by atoms with van der Waals surface area (Å²) in [6.45, 7) is 2.11. The fourth-order valence-corrected chi connectivity index (χ4v) is 3.14. The molecule has 3 rings (SSSR count). The lowest BCUT2D eigenvalue weighted by Crippen LogP contribution is -2.39. The second-order valence-corrected chi connectivity index (χ2v) is 6.56. The molecule has 0 bridgehead atoms. The Morgan fingerprint density at radius 2 is 1.89 bits per heavy atom. The number of amides is 1. The van der Waals surface area contributed by atoms with E-state index < -0.39 is 0 Å². The van der Waals surface area contributed by atoms with E-state index in [1.807, 2.05) is 41.3 Å². The average Bonchev–Trinajstić information content (AvgIpc) is 2.72. The first-order chi connectivity index (χ1) is 13.2. The number of halogens is 1. The predicted molar refractivity (Wildman–Crippen MR) is 122 cm³/mol. The van der Waals surface area contributed by atoms with Gasteiger partial charge in [-0.15, -0.1) is 24.0 Å². The Labute approximate surface area is 183 Å². The largest absolute Gasteiger partial charge is 0.497 e. The van der Waals surface area contributed by atoms with Crippen LogP contribution in [-0.2, 0) is 24.2 Å². The Kier molecular flexibility index (Phi) is 8.56. The number of fused-ring (bicyclic) bond motifs is 1. The molecule has 1 heterocycles. The van der Waals surface area contributed by atoms with Crippen LogP contribution in [0.2, 0.25) is 0 Å². The quantitative estimate of drug-likeness (QED) is 0.367. The Hall–Kier alpha value is -2.29. The van der Waals surface area contributed by atoms with Gasteiger partial charge in [-0.3, -0.25) is 4.79 Å². The summed E-state index contributed by atoms with van der Waals surface area (Å²) >= 11 is 0. The van der Waals surface area contributed by atoms with E-state index in [0.29, 0.717) is 19.0 Å². The summed E-state index contributed by atoms with van der Waals surface area (Å²) in [6, 6.07) is 16.2. The zero-order valence-electron chi connectivity index (χ0n) is 16.1. The molecule has 0 aromatic heterocycles. The van der Waals surface area contributed by atoms with Crippen LogP contribution in [0, 0.1) is 0 Å². The molecule has 0 atom stereocenters. The molecule has 1 aliphatic heterocycles. The number of rotatable bonds is 6. The van der Waals surface area contributed by atoms with Gasteiger partial charge in [-0.2, -0.15) is 0 Å². The van der Waals surface area contributed by atoms with E-state index in [0.717, 1.165) is 25.1 Å². The van der Waals surface area contributed by atoms with Crippen LogP contribution in [0.3, 0.4) is 0 Å². The molecular weight excluding hydrogens is 467 g/mol. The van der Waals surface area contributed by atoms with Crippen LogP contribution in [0.4, 0.5) is 0 Å². The third kappa shape index (κ3) is 6.12. The van der Waals surface area contributed by atoms with Crippen LogP contribution >= 0.6 is 24.0 Å². The van der Waals surface area contributed by atoms with Crippen molar-refractivity contribution in [1.82, 2.24) is 10.2 Å². The zero-order valence-corrected chi connectivity index (χ0v) is 18.4. The molecule has 150 valence electrons. The maximum atomic E-state index is 12.4. The number of hydrogen-bond donors (Lipinski definition) is 2. The van der Waals surface area contributed by atoms with Crippen molar-refractivity contribution in [2.75, 3.05) is 26.7 Å².